The second-order valence-electron chi connectivity index (χ2n) is 16.7. The van der Waals surface area contributed by atoms with Crippen molar-refractivity contribution in [3.8, 4) is 0 Å². The molecule has 0 spiro atoms. The van der Waals surface area contributed by atoms with Gasteiger partial charge in [0.2, 0.25) is 0 Å². The molecule has 0 aromatic heterocycles. The molecule has 1 saturated heterocycles. The number of epoxide rings is 1. The van der Waals surface area contributed by atoms with Gasteiger partial charge in [0, 0.05) is 26.2 Å². The minimum atomic E-state index is -1.01. The number of hydrogen-bond donors (Lipinski definition) is 2. The molecular formula is C42H64O6. The van der Waals surface area contributed by atoms with Crippen molar-refractivity contribution >= 4 is 11.8 Å². The highest BCUT2D eigenvalue weighted by molar-refractivity contribution is 5.96. The molecule has 3 rings (SSSR count). The Morgan fingerprint density at radius 2 is 1.54 bits per heavy atom. The molecule has 268 valence electrons. The highest BCUT2D eigenvalue weighted by atomic mass is 16.6. The van der Waals surface area contributed by atoms with Gasteiger partial charge in [-0.05, 0) is 108 Å². The zero-order chi connectivity index (χ0) is 36.1. The lowest BCUT2D eigenvalue weighted by molar-refractivity contribution is -0.152. The van der Waals surface area contributed by atoms with E-state index in [0.717, 1.165) is 43.3 Å². The van der Waals surface area contributed by atoms with E-state index in [1.807, 2.05) is 20.8 Å². The largest absolute Gasteiger partial charge is 0.462 e. The monoisotopic (exact) mass is 664 g/mol. The number of carbonyl (C=O) groups excluding carboxylic acids is 2. The molecule has 3 fully saturated rings. The fraction of sp³-hybridized carbons (Fsp3) is 0.667. The van der Waals surface area contributed by atoms with Crippen LogP contribution >= 0.6 is 0 Å². The summed E-state index contributed by atoms with van der Waals surface area (Å²) in [6.45, 7) is 22.0. The molecule has 2 N–H and O–H groups in total. The number of aliphatic hydroxyl groups excluding tert-OH is 1. The number of ether oxygens (including phenoxy) is 2. The second kappa shape index (κ2) is 15.6. The molecule has 0 unspecified atom stereocenters. The Hall–Kier alpha value is -2.54. The Balaban J connectivity index is 1.42. The Labute approximate surface area is 291 Å². The third-order valence-electron chi connectivity index (χ3n) is 11.0. The first-order chi connectivity index (χ1) is 22.1. The number of fused-ring (bicyclic) bond motifs is 1. The lowest BCUT2D eigenvalue weighted by Crippen LogP contribution is -2.48. The summed E-state index contributed by atoms with van der Waals surface area (Å²) in [6.07, 6.45) is 21.7. The maximum Gasteiger partial charge on any atom is 0.302 e. The first kappa shape index (κ1) is 39.9. The maximum absolute atomic E-state index is 13.1. The highest BCUT2D eigenvalue weighted by Gasteiger charge is 2.76. The number of hydrogen-bond acceptors (Lipinski definition) is 6. The molecule has 2 aliphatic carbocycles. The Kier molecular flexibility index (Phi) is 12.9. The number of aliphatic hydroxyl groups is 2. The van der Waals surface area contributed by atoms with E-state index in [1.165, 1.54) is 23.6 Å². The van der Waals surface area contributed by atoms with Gasteiger partial charge in [0.1, 0.15) is 11.7 Å². The van der Waals surface area contributed by atoms with E-state index in [9.17, 15) is 19.8 Å². The van der Waals surface area contributed by atoms with Crippen LogP contribution in [0.1, 0.15) is 140 Å². The molecule has 0 amide bonds. The SMILES string of the molecule is CC(=O)O[C@H]1CC(C)(C)/C(=C\C/C(C)=C/C=C/C(C)=C/CC/C=C(\C)CC/C=C(\C)C(=O)C[C@@]23O[C@]2(C)C[C@@H](O)CC3(C)C)[C@](C)(O)C1. The molecule has 0 aromatic carbocycles. The van der Waals surface area contributed by atoms with Gasteiger partial charge in [0.25, 0.3) is 0 Å². The van der Waals surface area contributed by atoms with Crippen molar-refractivity contribution in [2.24, 2.45) is 10.8 Å². The van der Waals surface area contributed by atoms with Crippen molar-refractivity contribution in [3.05, 3.63) is 70.4 Å². The number of unbranched alkanes of at least 4 members (excludes halogenated alkanes) is 1. The van der Waals surface area contributed by atoms with Gasteiger partial charge in [-0.15, -0.1) is 0 Å². The van der Waals surface area contributed by atoms with Crippen LogP contribution in [-0.4, -0.2) is 51.0 Å². The molecule has 0 aromatic rings. The molecule has 0 radical (unpaired) electrons. The molecule has 3 aliphatic rings. The van der Waals surface area contributed by atoms with E-state index in [2.05, 4.69) is 91.0 Å². The average molecular weight is 665 g/mol. The van der Waals surface area contributed by atoms with Crippen LogP contribution in [-0.2, 0) is 19.1 Å². The van der Waals surface area contributed by atoms with Gasteiger partial charge >= 0.3 is 5.97 Å². The van der Waals surface area contributed by atoms with Gasteiger partial charge in [-0.3, -0.25) is 9.59 Å². The zero-order valence-electron chi connectivity index (χ0n) is 31.8. The minimum Gasteiger partial charge on any atom is -0.462 e. The van der Waals surface area contributed by atoms with E-state index in [0.29, 0.717) is 32.1 Å². The standard InChI is InChI=1S/C42H64O6/c1-29(18-14-19-31(3)22-23-37-38(6,7)26-35(47-33(5)43)27-40(37,10)46)16-12-13-17-30(2)20-15-21-32(4)36(45)28-42-39(8,9)24-34(44)25-41(42,11)48-42/h14,16-19,21,23,34-35,44,46H,12-13,15,20,22,24-28H2,1-11H3/b18-14+,29-16+,30-17+,31-19+,32-21+,37-23+/t34-,35-,40+,41+,42-/m0/s1. The summed E-state index contributed by atoms with van der Waals surface area (Å²) < 4.78 is 11.7. The van der Waals surface area contributed by atoms with Gasteiger partial charge in [-0.1, -0.05) is 86.9 Å². The summed E-state index contributed by atoms with van der Waals surface area (Å²) in [5.41, 5.74) is 3.21. The first-order valence-electron chi connectivity index (χ1n) is 18.0. The van der Waals surface area contributed by atoms with E-state index < -0.39 is 16.8 Å². The number of rotatable bonds is 14. The summed E-state index contributed by atoms with van der Waals surface area (Å²) in [4.78, 5) is 24.6. The van der Waals surface area contributed by atoms with Crippen LogP contribution in [0.15, 0.2) is 70.4 Å². The van der Waals surface area contributed by atoms with Crippen molar-refractivity contribution in [3.63, 3.8) is 0 Å². The second-order valence-corrected chi connectivity index (χ2v) is 16.7. The van der Waals surface area contributed by atoms with Crippen LogP contribution in [0.2, 0.25) is 0 Å². The van der Waals surface area contributed by atoms with Crippen LogP contribution in [0, 0.1) is 10.8 Å². The Bertz CT molecular complexity index is 1360. The van der Waals surface area contributed by atoms with Gasteiger partial charge in [0.05, 0.1) is 17.3 Å². The lowest BCUT2D eigenvalue weighted by atomic mass is 9.61. The Morgan fingerprint density at radius 1 is 0.875 bits per heavy atom. The van der Waals surface area contributed by atoms with Gasteiger partial charge < -0.3 is 19.7 Å². The van der Waals surface area contributed by atoms with E-state index in [1.54, 1.807) is 0 Å². The minimum absolute atomic E-state index is 0.151. The van der Waals surface area contributed by atoms with E-state index >= 15 is 0 Å². The van der Waals surface area contributed by atoms with Crippen LogP contribution in [0.25, 0.3) is 0 Å². The summed E-state index contributed by atoms with van der Waals surface area (Å²) in [5, 5.41) is 21.5. The normalized spacial score (nSPS) is 33.1. The number of allylic oxidation sites excluding steroid dienone is 11. The van der Waals surface area contributed by atoms with Crippen molar-refractivity contribution < 1.29 is 29.3 Å². The summed E-state index contributed by atoms with van der Waals surface area (Å²) in [6, 6.07) is 0. The summed E-state index contributed by atoms with van der Waals surface area (Å²) in [5.74, 6) is -0.151. The van der Waals surface area contributed by atoms with Crippen molar-refractivity contribution in [2.45, 2.75) is 169 Å². The third-order valence-corrected chi connectivity index (χ3v) is 11.0. The zero-order valence-corrected chi connectivity index (χ0v) is 31.8. The predicted octanol–water partition coefficient (Wildman–Crippen LogP) is 9.38. The lowest BCUT2D eigenvalue weighted by Gasteiger charge is -2.46. The number of Topliss-reactive ketones (excluding diaryl/α,β-unsaturated/α-hetero) is 1. The number of carbonyl (C=O) groups is 2. The van der Waals surface area contributed by atoms with Gasteiger partial charge in [-0.2, -0.15) is 0 Å². The Morgan fingerprint density at radius 3 is 2.17 bits per heavy atom. The quantitative estimate of drug-likeness (QED) is 0.0480. The number of ketones is 1. The molecule has 6 nitrogen and oxygen atoms in total. The van der Waals surface area contributed by atoms with Crippen LogP contribution in [0.4, 0.5) is 0 Å². The fourth-order valence-electron chi connectivity index (χ4n) is 8.51. The van der Waals surface area contributed by atoms with Crippen molar-refractivity contribution in [1.82, 2.24) is 0 Å². The van der Waals surface area contributed by atoms with Gasteiger partial charge in [0.15, 0.2) is 5.78 Å². The maximum atomic E-state index is 13.1. The predicted molar refractivity (Wildman–Crippen MR) is 195 cm³/mol. The smallest absolute Gasteiger partial charge is 0.302 e. The first-order valence-corrected chi connectivity index (χ1v) is 18.0. The number of esters is 1. The summed E-state index contributed by atoms with van der Waals surface area (Å²) in [7, 11) is 0. The molecule has 6 heteroatoms. The highest BCUT2D eigenvalue weighted by Crippen LogP contribution is 2.67. The molecule has 1 aliphatic heterocycles. The summed E-state index contributed by atoms with van der Waals surface area (Å²) >= 11 is 0. The topological polar surface area (TPSA) is 96.4 Å². The average Bonchev–Trinajstić information content (AvgIpc) is 3.53. The molecule has 0 bridgehead atoms. The van der Waals surface area contributed by atoms with Crippen LogP contribution < -0.4 is 0 Å². The molecule has 2 saturated carbocycles. The van der Waals surface area contributed by atoms with Crippen LogP contribution in [0.5, 0.6) is 0 Å². The van der Waals surface area contributed by atoms with Crippen LogP contribution in [0.3, 0.4) is 0 Å². The van der Waals surface area contributed by atoms with E-state index in [4.69, 9.17) is 9.47 Å². The molecular weight excluding hydrogens is 600 g/mol. The molecule has 48 heavy (non-hydrogen) atoms. The third kappa shape index (κ3) is 10.0. The van der Waals surface area contributed by atoms with Crippen molar-refractivity contribution in [2.75, 3.05) is 0 Å². The van der Waals surface area contributed by atoms with Gasteiger partial charge in [-0.25, -0.2) is 0 Å². The van der Waals surface area contributed by atoms with E-state index in [-0.39, 0.29) is 34.8 Å². The fourth-order valence-corrected chi connectivity index (χ4v) is 8.51. The van der Waals surface area contributed by atoms with Crippen molar-refractivity contribution in [1.29, 1.82) is 0 Å². The molecule has 5 atom stereocenters. The molecule has 1 heterocycles.